The quantitative estimate of drug-likeness (QED) is 0.528. The van der Waals surface area contributed by atoms with Crippen LogP contribution in [0.2, 0.25) is 0 Å². The van der Waals surface area contributed by atoms with Crippen LogP contribution < -0.4 is 4.18 Å². The predicted molar refractivity (Wildman–Crippen MR) is 124 cm³/mol. The molecule has 3 atom stereocenters. The van der Waals surface area contributed by atoms with E-state index in [4.69, 9.17) is 8.92 Å². The van der Waals surface area contributed by atoms with Crippen LogP contribution in [0.3, 0.4) is 0 Å². The predicted octanol–water partition coefficient (Wildman–Crippen LogP) is 6.13. The molecule has 2 aromatic rings. The minimum atomic E-state index is -0.157. The van der Waals surface area contributed by atoms with E-state index in [1.54, 1.807) is 0 Å². The van der Waals surface area contributed by atoms with Crippen LogP contribution in [0.5, 0.6) is 5.75 Å². The van der Waals surface area contributed by atoms with E-state index in [2.05, 4.69) is 25.1 Å². The number of ether oxygens (including phenoxy) is 1. The molecule has 164 valence electrons. The molecular formula is C26H31NO3S. The van der Waals surface area contributed by atoms with Crippen LogP contribution in [0.1, 0.15) is 55.7 Å². The number of rotatable bonds is 5. The Morgan fingerprint density at radius 2 is 2.03 bits per heavy atom. The summed E-state index contributed by atoms with van der Waals surface area (Å²) in [6.07, 6.45) is 6.73. The molecule has 2 bridgehead atoms. The zero-order valence-corrected chi connectivity index (χ0v) is 19.0. The fourth-order valence-corrected chi connectivity index (χ4v) is 6.55. The maximum Gasteiger partial charge on any atom is 0.410 e. The van der Waals surface area contributed by atoms with E-state index in [0.29, 0.717) is 12.5 Å². The number of benzene rings is 2. The molecule has 0 radical (unpaired) electrons. The number of fused-ring (bicyclic) bond motifs is 1. The van der Waals surface area contributed by atoms with E-state index >= 15 is 0 Å². The molecule has 0 spiro atoms. The van der Waals surface area contributed by atoms with Crippen molar-refractivity contribution in [2.75, 3.05) is 12.3 Å². The largest absolute Gasteiger partial charge is 0.445 e. The number of carbonyl (C=O) groups excluding carboxylic acids is 1. The third kappa shape index (κ3) is 3.82. The number of carbonyl (C=O) groups is 1. The molecular weight excluding hydrogens is 406 g/mol. The second kappa shape index (κ2) is 8.78. The molecule has 0 unspecified atom stereocenters. The summed E-state index contributed by atoms with van der Waals surface area (Å²) in [5, 5.41) is 0. The molecule has 2 aromatic carbocycles. The number of likely N-dealkylation sites (tertiary alicyclic amines) is 1. The lowest BCUT2D eigenvalue weighted by Crippen LogP contribution is -2.62. The van der Waals surface area contributed by atoms with Crippen molar-refractivity contribution >= 4 is 18.1 Å². The maximum absolute atomic E-state index is 13.1. The number of nitrogens with zero attached hydrogens (tertiary/aromatic N) is 1. The second-order valence-corrected chi connectivity index (χ2v) is 10.1. The lowest BCUT2D eigenvalue weighted by molar-refractivity contribution is -0.0136. The Hall–Kier alpha value is -2.14. The SMILES string of the molecule is CCSOc1ccc2c(c1)[C@@]13CCCC[C@H]1[C@@H](C2)N(C(=O)OCc1ccccc1)CC3. The van der Waals surface area contributed by atoms with E-state index in [1.165, 1.54) is 48.9 Å². The van der Waals surface area contributed by atoms with Gasteiger partial charge in [-0.2, -0.15) is 0 Å². The van der Waals surface area contributed by atoms with Crippen LogP contribution in [0.4, 0.5) is 4.79 Å². The van der Waals surface area contributed by atoms with Crippen molar-refractivity contribution in [3.05, 3.63) is 65.2 Å². The van der Waals surface area contributed by atoms with Gasteiger partial charge in [0.05, 0.1) is 12.0 Å². The number of hydrogen-bond acceptors (Lipinski definition) is 4. The van der Waals surface area contributed by atoms with Crippen molar-refractivity contribution in [1.82, 2.24) is 4.90 Å². The Balaban J connectivity index is 1.40. The first kappa shape index (κ1) is 20.7. The third-order valence-corrected chi connectivity index (χ3v) is 8.07. The van der Waals surface area contributed by atoms with Crippen molar-refractivity contribution < 1.29 is 13.7 Å². The van der Waals surface area contributed by atoms with E-state index in [1.807, 2.05) is 35.2 Å². The molecule has 0 N–H and O–H groups in total. The average Bonchev–Trinajstić information content (AvgIpc) is 2.82. The molecule has 3 aliphatic rings. The summed E-state index contributed by atoms with van der Waals surface area (Å²) >= 11 is 1.50. The summed E-state index contributed by atoms with van der Waals surface area (Å²) in [4.78, 5) is 15.1. The average molecular weight is 438 g/mol. The Labute approximate surface area is 189 Å². The standard InChI is InChI=1S/C26H31NO3S/c1-2-31-30-21-12-11-20-16-24-22-10-6-7-13-26(22,23(20)17-21)14-15-27(24)25(28)29-18-19-8-4-3-5-9-19/h3-5,8-9,11-12,17,22,24H,2,6-7,10,13-16,18H2,1H3/t22-,24+,26+/m0/s1. The maximum atomic E-state index is 13.1. The minimum absolute atomic E-state index is 0.157. The zero-order valence-electron chi connectivity index (χ0n) is 18.2. The molecule has 1 aliphatic heterocycles. The van der Waals surface area contributed by atoms with Crippen LogP contribution >= 0.6 is 12.0 Å². The lowest BCUT2D eigenvalue weighted by atomic mass is 9.52. The van der Waals surface area contributed by atoms with Gasteiger partial charge < -0.3 is 13.8 Å². The van der Waals surface area contributed by atoms with Crippen LogP contribution in [0, 0.1) is 5.92 Å². The van der Waals surface area contributed by atoms with Crippen molar-refractivity contribution in [1.29, 1.82) is 0 Å². The van der Waals surface area contributed by atoms with Crippen LogP contribution in [0.15, 0.2) is 48.5 Å². The normalized spacial score (nSPS) is 26.5. The monoisotopic (exact) mass is 437 g/mol. The molecule has 1 saturated heterocycles. The van der Waals surface area contributed by atoms with Crippen LogP contribution in [-0.4, -0.2) is 29.3 Å². The third-order valence-electron chi connectivity index (χ3n) is 7.52. The molecule has 1 saturated carbocycles. The highest BCUT2D eigenvalue weighted by atomic mass is 32.2. The fourth-order valence-electron chi connectivity index (χ4n) is 6.19. The summed E-state index contributed by atoms with van der Waals surface area (Å²) in [5.74, 6) is 2.42. The van der Waals surface area contributed by atoms with Gasteiger partial charge in [0.25, 0.3) is 0 Å². The van der Waals surface area contributed by atoms with Crippen molar-refractivity contribution in [3.8, 4) is 5.75 Å². The van der Waals surface area contributed by atoms with Gasteiger partial charge in [-0.05, 0) is 60.4 Å². The van der Waals surface area contributed by atoms with Crippen molar-refractivity contribution in [2.45, 2.75) is 63.5 Å². The van der Waals surface area contributed by atoms with Gasteiger partial charge in [-0.1, -0.05) is 56.2 Å². The van der Waals surface area contributed by atoms with E-state index in [0.717, 1.165) is 36.5 Å². The smallest absolute Gasteiger partial charge is 0.410 e. The number of hydrogen-bond donors (Lipinski definition) is 0. The summed E-state index contributed by atoms with van der Waals surface area (Å²) < 4.78 is 11.7. The summed E-state index contributed by atoms with van der Waals surface area (Å²) in [6, 6.07) is 16.8. The van der Waals surface area contributed by atoms with Crippen LogP contribution in [-0.2, 0) is 23.2 Å². The Bertz CT molecular complexity index is 934. The molecule has 0 aromatic heterocycles. The molecule has 4 nitrogen and oxygen atoms in total. The van der Waals surface area contributed by atoms with E-state index in [-0.39, 0.29) is 17.6 Å². The zero-order chi connectivity index (χ0) is 21.3. The van der Waals surface area contributed by atoms with Gasteiger partial charge >= 0.3 is 6.09 Å². The number of piperidine rings is 1. The van der Waals surface area contributed by atoms with Gasteiger partial charge in [-0.25, -0.2) is 4.79 Å². The first-order chi connectivity index (χ1) is 15.2. The van der Waals surface area contributed by atoms with Crippen molar-refractivity contribution in [2.24, 2.45) is 5.92 Å². The van der Waals surface area contributed by atoms with Gasteiger partial charge in [-0.15, -0.1) is 0 Å². The first-order valence-corrected chi connectivity index (χ1v) is 12.5. The Kier molecular flexibility index (Phi) is 5.87. The first-order valence-electron chi connectivity index (χ1n) is 11.6. The topological polar surface area (TPSA) is 38.8 Å². The van der Waals surface area contributed by atoms with Gasteiger partial charge in [0.1, 0.15) is 12.4 Å². The summed E-state index contributed by atoms with van der Waals surface area (Å²) in [5.41, 5.74) is 4.09. The fraction of sp³-hybridized carbons (Fsp3) is 0.500. The van der Waals surface area contributed by atoms with E-state index in [9.17, 15) is 4.79 Å². The summed E-state index contributed by atoms with van der Waals surface area (Å²) in [6.45, 7) is 3.23. The molecule has 2 aliphatic carbocycles. The second-order valence-electron chi connectivity index (χ2n) is 9.07. The van der Waals surface area contributed by atoms with Gasteiger partial charge in [0.15, 0.2) is 0 Å². The highest BCUT2D eigenvalue weighted by Crippen LogP contribution is 2.56. The van der Waals surface area contributed by atoms with Gasteiger partial charge in [0, 0.05) is 23.8 Å². The lowest BCUT2D eigenvalue weighted by Gasteiger charge is -2.58. The Morgan fingerprint density at radius 1 is 1.16 bits per heavy atom. The van der Waals surface area contributed by atoms with E-state index < -0.39 is 0 Å². The molecule has 2 fully saturated rings. The van der Waals surface area contributed by atoms with Gasteiger partial charge in [-0.3, -0.25) is 0 Å². The molecule has 1 amide bonds. The number of amides is 1. The summed E-state index contributed by atoms with van der Waals surface area (Å²) in [7, 11) is 0. The Morgan fingerprint density at radius 3 is 2.87 bits per heavy atom. The highest BCUT2D eigenvalue weighted by molar-refractivity contribution is 7.94. The molecule has 5 heteroatoms. The minimum Gasteiger partial charge on any atom is -0.445 e. The van der Waals surface area contributed by atoms with Crippen LogP contribution in [0.25, 0.3) is 0 Å². The molecule has 31 heavy (non-hydrogen) atoms. The van der Waals surface area contributed by atoms with Crippen molar-refractivity contribution in [3.63, 3.8) is 0 Å². The molecule has 5 rings (SSSR count). The van der Waals surface area contributed by atoms with Gasteiger partial charge in [0.2, 0.25) is 0 Å². The highest BCUT2D eigenvalue weighted by Gasteiger charge is 2.55. The molecule has 1 heterocycles.